The van der Waals surface area contributed by atoms with Crippen molar-refractivity contribution in [1.82, 2.24) is 10.3 Å². The third-order valence-corrected chi connectivity index (χ3v) is 6.53. The highest BCUT2D eigenvalue weighted by molar-refractivity contribution is 5.80. The number of nitrogens with one attached hydrogen (secondary N) is 1. The molecule has 0 saturated carbocycles. The zero-order chi connectivity index (χ0) is 28.6. The maximum absolute atomic E-state index is 15.1. The largest absolute Gasteiger partial charge is 0.493 e. The average Bonchev–Trinajstić information content (AvgIpc) is 2.97. The highest BCUT2D eigenvalue weighted by Crippen LogP contribution is 2.35. The molecule has 40 heavy (non-hydrogen) atoms. The molecule has 0 amide bonds. The summed E-state index contributed by atoms with van der Waals surface area (Å²) in [5.41, 5.74) is 13.8. The van der Waals surface area contributed by atoms with Gasteiger partial charge in [0.05, 0.1) is 25.1 Å². The van der Waals surface area contributed by atoms with E-state index < -0.39 is 0 Å². The number of hydrogen-bond donors (Lipinski definition) is 2. The Bertz CT molecular complexity index is 1510. The number of nitrogens with zero attached hydrogens (tertiary/aromatic N) is 2. The molecule has 6 nitrogen and oxygen atoms in total. The summed E-state index contributed by atoms with van der Waals surface area (Å²) in [7, 11) is 1.61. The van der Waals surface area contributed by atoms with Gasteiger partial charge >= 0.3 is 0 Å². The summed E-state index contributed by atoms with van der Waals surface area (Å²) in [5, 5.41) is 3.72. The molecule has 3 aromatic carbocycles. The van der Waals surface area contributed by atoms with Gasteiger partial charge in [0, 0.05) is 29.7 Å². The van der Waals surface area contributed by atoms with Crippen LogP contribution in [-0.2, 0) is 0 Å². The van der Waals surface area contributed by atoms with Crippen molar-refractivity contribution in [3.63, 3.8) is 0 Å². The Morgan fingerprint density at radius 2 is 1.62 bits per heavy atom. The number of aromatic nitrogens is 1. The zero-order valence-electron chi connectivity index (χ0n) is 23.5. The van der Waals surface area contributed by atoms with Crippen LogP contribution in [0.4, 0.5) is 16.0 Å². The van der Waals surface area contributed by atoms with Crippen LogP contribution in [0.1, 0.15) is 31.9 Å². The summed E-state index contributed by atoms with van der Waals surface area (Å²) in [5.74, 6) is 1.71. The first kappa shape index (κ1) is 28.2. The molecule has 7 heteroatoms. The Morgan fingerprint density at radius 3 is 2.30 bits per heavy atom. The average molecular weight is 539 g/mol. The number of pyridine rings is 1. The maximum Gasteiger partial charge on any atom is 0.161 e. The van der Waals surface area contributed by atoms with Crippen molar-refractivity contribution < 1.29 is 14.0 Å². The third kappa shape index (κ3) is 6.61. The van der Waals surface area contributed by atoms with Crippen molar-refractivity contribution in [2.24, 2.45) is 0 Å². The molecule has 4 aromatic rings. The van der Waals surface area contributed by atoms with Gasteiger partial charge in [-0.25, -0.2) is 4.98 Å². The van der Waals surface area contributed by atoms with Gasteiger partial charge in [-0.2, -0.15) is 5.12 Å². The van der Waals surface area contributed by atoms with E-state index in [2.05, 4.69) is 41.5 Å². The Hall–Kier alpha value is -4.78. The first-order valence-corrected chi connectivity index (χ1v) is 13.1. The minimum absolute atomic E-state index is 0.391. The van der Waals surface area contributed by atoms with Crippen LogP contribution in [-0.4, -0.2) is 18.7 Å². The summed E-state index contributed by atoms with van der Waals surface area (Å²) >= 11 is 0. The van der Waals surface area contributed by atoms with Gasteiger partial charge in [0.2, 0.25) is 0 Å². The van der Waals surface area contributed by atoms with E-state index in [0.29, 0.717) is 40.4 Å². The number of benzene rings is 3. The highest BCUT2D eigenvalue weighted by Gasteiger charge is 2.12. The van der Waals surface area contributed by atoms with Gasteiger partial charge in [0.25, 0.3) is 0 Å². The fourth-order valence-corrected chi connectivity index (χ4v) is 4.21. The van der Waals surface area contributed by atoms with E-state index in [4.69, 9.17) is 15.2 Å². The molecule has 1 aromatic heterocycles. The SMILES string of the molecule is CCOc1ccc(-c2cnc(N)c(-c3ccc(N(F)/C(C)=C/N/C=C(\C)c4ccc(C)cc4)cc3)c2)cc1OC. The Labute approximate surface area is 235 Å². The van der Waals surface area contributed by atoms with E-state index in [1.54, 1.807) is 38.6 Å². The number of allylic oxidation sites excluding steroid dienone is 2. The van der Waals surface area contributed by atoms with Gasteiger partial charge in [-0.3, -0.25) is 0 Å². The Morgan fingerprint density at radius 1 is 0.925 bits per heavy atom. The van der Waals surface area contributed by atoms with Crippen LogP contribution in [0.5, 0.6) is 11.5 Å². The van der Waals surface area contributed by atoms with Crippen LogP contribution >= 0.6 is 0 Å². The summed E-state index contributed by atoms with van der Waals surface area (Å²) in [4.78, 5) is 4.40. The number of nitrogens with two attached hydrogens (primary N) is 1. The van der Waals surface area contributed by atoms with E-state index in [-0.39, 0.29) is 0 Å². The second-order valence-corrected chi connectivity index (χ2v) is 9.43. The first-order valence-electron chi connectivity index (χ1n) is 13.1. The first-order chi connectivity index (χ1) is 19.3. The predicted octanol–water partition coefficient (Wildman–Crippen LogP) is 7.92. The summed E-state index contributed by atoms with van der Waals surface area (Å²) in [6.45, 7) is 8.24. The fourth-order valence-electron chi connectivity index (χ4n) is 4.21. The lowest BCUT2D eigenvalue weighted by Gasteiger charge is -2.16. The van der Waals surface area contributed by atoms with Gasteiger partial charge in [-0.15, -0.1) is 0 Å². The lowest BCUT2D eigenvalue weighted by molar-refractivity contribution is 0.311. The standard InChI is InChI=1S/C33H35FN4O2/c1-6-40-31-16-13-27(18-32(31)39-5)28-17-30(33(35)37-21-28)26-11-14-29(15-12-26)38(34)24(4)20-36-19-23(3)25-9-7-22(2)8-10-25/h7-21,36H,6H2,1-5H3,(H2,35,37)/b23-19+,24-20+. The molecule has 0 spiro atoms. The van der Waals surface area contributed by atoms with Crippen molar-refractivity contribution in [2.45, 2.75) is 27.7 Å². The lowest BCUT2D eigenvalue weighted by Crippen LogP contribution is -2.11. The lowest BCUT2D eigenvalue weighted by atomic mass is 10.0. The quantitative estimate of drug-likeness (QED) is 0.200. The minimum Gasteiger partial charge on any atom is -0.493 e. The van der Waals surface area contributed by atoms with E-state index in [9.17, 15) is 0 Å². The van der Waals surface area contributed by atoms with Crippen LogP contribution in [0.2, 0.25) is 0 Å². The smallest absolute Gasteiger partial charge is 0.161 e. The number of halogens is 1. The number of nitrogen functional groups attached to an aromatic ring is 1. The van der Waals surface area contributed by atoms with Crippen LogP contribution in [0.3, 0.4) is 0 Å². The third-order valence-electron chi connectivity index (χ3n) is 6.53. The van der Waals surface area contributed by atoms with E-state index in [1.807, 2.05) is 56.4 Å². The van der Waals surface area contributed by atoms with Crippen LogP contribution < -0.4 is 25.6 Å². The molecular weight excluding hydrogens is 503 g/mol. The molecule has 0 unspecified atom stereocenters. The monoisotopic (exact) mass is 538 g/mol. The van der Waals surface area contributed by atoms with Crippen molar-refractivity contribution in [2.75, 3.05) is 24.6 Å². The van der Waals surface area contributed by atoms with Crippen molar-refractivity contribution in [1.29, 1.82) is 0 Å². The molecule has 206 valence electrons. The molecule has 0 saturated heterocycles. The molecule has 0 aliphatic heterocycles. The molecule has 0 bridgehead atoms. The number of rotatable bonds is 10. The maximum atomic E-state index is 15.1. The summed E-state index contributed by atoms with van der Waals surface area (Å²) < 4.78 is 26.2. The molecule has 0 aliphatic rings. The Balaban J connectivity index is 1.50. The Kier molecular flexibility index (Phi) is 9.07. The summed E-state index contributed by atoms with van der Waals surface area (Å²) in [6, 6.07) is 23.1. The number of aryl methyl sites for hydroxylation is 1. The van der Waals surface area contributed by atoms with Crippen molar-refractivity contribution >= 4 is 17.1 Å². The van der Waals surface area contributed by atoms with Gasteiger partial charge in [0.1, 0.15) is 5.82 Å². The van der Waals surface area contributed by atoms with Crippen molar-refractivity contribution in [3.8, 4) is 33.8 Å². The topological polar surface area (TPSA) is 72.6 Å². The molecular formula is C33H35FN4O2. The normalized spacial score (nSPS) is 11.8. The number of ether oxygens (including phenoxy) is 2. The second-order valence-electron chi connectivity index (χ2n) is 9.43. The number of methoxy groups -OCH3 is 1. The van der Waals surface area contributed by atoms with Crippen LogP contribution in [0.25, 0.3) is 27.8 Å². The van der Waals surface area contributed by atoms with Gasteiger partial charge in [-0.1, -0.05) is 52.5 Å². The molecule has 0 aliphatic carbocycles. The van der Waals surface area contributed by atoms with E-state index >= 15 is 4.48 Å². The van der Waals surface area contributed by atoms with Crippen LogP contribution in [0, 0.1) is 6.92 Å². The van der Waals surface area contributed by atoms with E-state index in [0.717, 1.165) is 33.4 Å². The highest BCUT2D eigenvalue weighted by atomic mass is 19.2. The summed E-state index contributed by atoms with van der Waals surface area (Å²) in [6.07, 6.45) is 5.21. The second kappa shape index (κ2) is 12.8. The number of anilines is 2. The van der Waals surface area contributed by atoms with E-state index in [1.165, 1.54) is 5.56 Å². The van der Waals surface area contributed by atoms with Crippen molar-refractivity contribution in [3.05, 3.63) is 108 Å². The fraction of sp³-hybridized carbons (Fsp3) is 0.182. The zero-order valence-corrected chi connectivity index (χ0v) is 23.5. The molecule has 3 N–H and O–H groups in total. The molecule has 1 heterocycles. The van der Waals surface area contributed by atoms with Crippen LogP contribution in [0.15, 0.2) is 97.1 Å². The molecule has 0 atom stereocenters. The number of hydrogen-bond acceptors (Lipinski definition) is 6. The van der Waals surface area contributed by atoms with Gasteiger partial charge in [-0.05, 0) is 80.3 Å². The minimum atomic E-state index is 0.391. The molecule has 0 fully saturated rings. The molecule has 4 rings (SSSR count). The predicted molar refractivity (Wildman–Crippen MR) is 163 cm³/mol. The molecule has 0 radical (unpaired) electrons. The van der Waals surface area contributed by atoms with Gasteiger partial charge in [0.15, 0.2) is 11.5 Å². The van der Waals surface area contributed by atoms with Gasteiger partial charge < -0.3 is 20.5 Å².